The van der Waals surface area contributed by atoms with Gasteiger partial charge in [0.2, 0.25) is 0 Å². The van der Waals surface area contributed by atoms with E-state index in [0.717, 1.165) is 0 Å². The Hall–Kier alpha value is -2.04. The Morgan fingerprint density at radius 3 is 2.63 bits per heavy atom. The minimum Gasteiger partial charge on any atom is -0.507 e. The van der Waals surface area contributed by atoms with E-state index in [0.29, 0.717) is 12.1 Å². The van der Waals surface area contributed by atoms with Crippen LogP contribution in [0.15, 0.2) is 18.2 Å². The van der Waals surface area contributed by atoms with Crippen LogP contribution in [0.25, 0.3) is 0 Å². The molecule has 0 fully saturated rings. The Morgan fingerprint density at radius 1 is 1.37 bits per heavy atom. The number of aryl methyl sites for hydroxylation is 1. The molecule has 1 amide bonds. The number of aromatic hydroxyl groups is 1. The molecule has 5 nitrogen and oxygen atoms in total. The second-order valence-corrected chi connectivity index (χ2v) is 4.18. The lowest BCUT2D eigenvalue weighted by Crippen LogP contribution is -2.33. The van der Waals surface area contributed by atoms with Gasteiger partial charge in [0, 0.05) is 13.1 Å². The molecule has 0 spiro atoms. The van der Waals surface area contributed by atoms with Gasteiger partial charge in [-0.25, -0.2) is 0 Å². The summed E-state index contributed by atoms with van der Waals surface area (Å²) in [5, 5.41) is 9.90. The number of nitrogens with zero attached hydrogens (tertiary/aromatic N) is 1. The number of esters is 1. The maximum absolute atomic E-state index is 12.3. The molecule has 5 heteroatoms. The third-order valence-corrected chi connectivity index (χ3v) is 2.95. The van der Waals surface area contributed by atoms with Gasteiger partial charge in [-0.3, -0.25) is 9.59 Å². The van der Waals surface area contributed by atoms with E-state index in [1.54, 1.807) is 25.1 Å². The molecule has 0 atom stereocenters. The maximum atomic E-state index is 12.3. The van der Waals surface area contributed by atoms with Crippen molar-refractivity contribution in [1.29, 1.82) is 0 Å². The topological polar surface area (TPSA) is 66.8 Å². The average molecular weight is 265 g/mol. The fraction of sp³-hybridized carbons (Fsp3) is 0.429. The van der Waals surface area contributed by atoms with Crippen LogP contribution in [0.4, 0.5) is 0 Å². The summed E-state index contributed by atoms with van der Waals surface area (Å²) in [5.74, 6) is -0.656. The fourth-order valence-electron chi connectivity index (χ4n) is 1.73. The number of ether oxygens (including phenoxy) is 1. The standard InChI is InChI=1S/C14H19NO4/c1-4-15(9-8-12(16)19-3)14(18)11-7-5-6-10(2)13(11)17/h5-7,17H,4,8-9H2,1-3H3. The van der Waals surface area contributed by atoms with Crippen molar-refractivity contribution in [3.8, 4) is 5.75 Å². The van der Waals surface area contributed by atoms with Crippen LogP contribution in [0.2, 0.25) is 0 Å². The Labute approximate surface area is 112 Å². The van der Waals surface area contributed by atoms with Gasteiger partial charge < -0.3 is 14.7 Å². The molecular formula is C14H19NO4. The van der Waals surface area contributed by atoms with E-state index in [-0.39, 0.29) is 36.2 Å². The van der Waals surface area contributed by atoms with Crippen LogP contribution < -0.4 is 0 Å². The van der Waals surface area contributed by atoms with Gasteiger partial charge in [0.1, 0.15) is 5.75 Å². The second kappa shape index (κ2) is 6.78. The summed E-state index contributed by atoms with van der Waals surface area (Å²) in [5.41, 5.74) is 0.904. The first-order valence-corrected chi connectivity index (χ1v) is 6.15. The van der Waals surface area contributed by atoms with Gasteiger partial charge in [0.15, 0.2) is 0 Å². The number of carbonyl (C=O) groups excluding carboxylic acids is 2. The zero-order chi connectivity index (χ0) is 14.4. The number of hydrogen-bond acceptors (Lipinski definition) is 4. The van der Waals surface area contributed by atoms with E-state index in [1.165, 1.54) is 12.0 Å². The highest BCUT2D eigenvalue weighted by Crippen LogP contribution is 2.22. The van der Waals surface area contributed by atoms with Crippen molar-refractivity contribution in [2.75, 3.05) is 20.2 Å². The number of rotatable bonds is 5. The van der Waals surface area contributed by atoms with Gasteiger partial charge in [-0.05, 0) is 25.5 Å². The quantitative estimate of drug-likeness (QED) is 0.823. The highest BCUT2D eigenvalue weighted by atomic mass is 16.5. The number of benzene rings is 1. The number of phenols is 1. The second-order valence-electron chi connectivity index (χ2n) is 4.18. The monoisotopic (exact) mass is 265 g/mol. The average Bonchev–Trinajstić information content (AvgIpc) is 2.41. The Balaban J connectivity index is 2.84. The van der Waals surface area contributed by atoms with Crippen LogP contribution in [0.1, 0.15) is 29.3 Å². The Bertz CT molecular complexity index is 471. The molecule has 104 valence electrons. The van der Waals surface area contributed by atoms with Crippen LogP contribution in [0, 0.1) is 6.92 Å². The van der Waals surface area contributed by atoms with E-state index in [9.17, 15) is 14.7 Å². The first-order chi connectivity index (χ1) is 9.01. The lowest BCUT2D eigenvalue weighted by Gasteiger charge is -2.21. The number of hydrogen-bond donors (Lipinski definition) is 1. The minimum atomic E-state index is -0.361. The summed E-state index contributed by atoms with van der Waals surface area (Å²) in [6.07, 6.45) is 0.142. The molecule has 0 bridgehead atoms. The van der Waals surface area contributed by atoms with Crippen LogP contribution in [-0.4, -0.2) is 42.1 Å². The van der Waals surface area contributed by atoms with Gasteiger partial charge in [-0.15, -0.1) is 0 Å². The Morgan fingerprint density at radius 2 is 2.05 bits per heavy atom. The predicted molar refractivity (Wildman–Crippen MR) is 71.1 cm³/mol. The van der Waals surface area contributed by atoms with E-state index in [2.05, 4.69) is 4.74 Å². The van der Waals surface area contributed by atoms with Crippen molar-refractivity contribution in [3.63, 3.8) is 0 Å². The van der Waals surface area contributed by atoms with Gasteiger partial charge in [-0.2, -0.15) is 0 Å². The van der Waals surface area contributed by atoms with Gasteiger partial charge in [0.05, 0.1) is 19.1 Å². The van der Waals surface area contributed by atoms with Crippen LogP contribution in [0.3, 0.4) is 0 Å². The molecule has 0 unspecified atom stereocenters. The first kappa shape index (κ1) is 15.0. The number of methoxy groups -OCH3 is 1. The molecule has 0 radical (unpaired) electrons. The summed E-state index contributed by atoms with van der Waals surface area (Å²) < 4.78 is 4.55. The fourth-order valence-corrected chi connectivity index (χ4v) is 1.73. The maximum Gasteiger partial charge on any atom is 0.307 e. The van der Waals surface area contributed by atoms with Gasteiger partial charge >= 0.3 is 5.97 Å². The highest BCUT2D eigenvalue weighted by Gasteiger charge is 2.19. The molecule has 1 aromatic rings. The molecule has 19 heavy (non-hydrogen) atoms. The van der Waals surface area contributed by atoms with Crippen LogP contribution in [0.5, 0.6) is 5.75 Å². The summed E-state index contributed by atoms with van der Waals surface area (Å²) in [4.78, 5) is 24.9. The van der Waals surface area contributed by atoms with Crippen LogP contribution >= 0.6 is 0 Å². The summed E-state index contributed by atoms with van der Waals surface area (Å²) in [7, 11) is 1.31. The normalized spacial score (nSPS) is 10.1. The summed E-state index contributed by atoms with van der Waals surface area (Å²) in [6, 6.07) is 5.03. The smallest absolute Gasteiger partial charge is 0.307 e. The SMILES string of the molecule is CCN(CCC(=O)OC)C(=O)c1cccc(C)c1O. The lowest BCUT2D eigenvalue weighted by molar-refractivity contribution is -0.140. The van der Waals surface area contributed by atoms with Crippen molar-refractivity contribution in [3.05, 3.63) is 29.3 Å². The van der Waals surface area contributed by atoms with Crippen molar-refractivity contribution >= 4 is 11.9 Å². The molecule has 0 aliphatic rings. The van der Waals surface area contributed by atoms with Gasteiger partial charge in [-0.1, -0.05) is 12.1 Å². The van der Waals surface area contributed by atoms with Crippen molar-refractivity contribution in [2.24, 2.45) is 0 Å². The third-order valence-electron chi connectivity index (χ3n) is 2.95. The number of para-hydroxylation sites is 1. The summed E-state index contributed by atoms with van der Waals surface area (Å²) in [6.45, 7) is 4.29. The van der Waals surface area contributed by atoms with E-state index in [4.69, 9.17) is 0 Å². The zero-order valence-corrected chi connectivity index (χ0v) is 11.5. The zero-order valence-electron chi connectivity index (χ0n) is 11.5. The largest absolute Gasteiger partial charge is 0.507 e. The first-order valence-electron chi connectivity index (χ1n) is 6.15. The minimum absolute atomic E-state index is 0.0102. The Kier molecular flexibility index (Phi) is 5.36. The van der Waals surface area contributed by atoms with Crippen molar-refractivity contribution in [2.45, 2.75) is 20.3 Å². The molecule has 0 aliphatic heterocycles. The molecule has 0 aromatic heterocycles. The predicted octanol–water partition coefficient (Wildman–Crippen LogP) is 1.73. The number of phenolic OH excluding ortho intramolecular Hbond substituents is 1. The molecule has 1 aromatic carbocycles. The molecule has 1 N–H and O–H groups in total. The molecule has 0 aliphatic carbocycles. The van der Waals surface area contributed by atoms with Gasteiger partial charge in [0.25, 0.3) is 5.91 Å². The summed E-state index contributed by atoms with van der Waals surface area (Å²) >= 11 is 0. The van der Waals surface area contributed by atoms with E-state index < -0.39 is 0 Å². The molecule has 0 saturated carbocycles. The van der Waals surface area contributed by atoms with Crippen LogP contribution in [-0.2, 0) is 9.53 Å². The van der Waals surface area contributed by atoms with E-state index in [1.807, 2.05) is 6.92 Å². The molecule has 1 rings (SSSR count). The number of amides is 1. The van der Waals surface area contributed by atoms with E-state index >= 15 is 0 Å². The molecular weight excluding hydrogens is 246 g/mol. The van der Waals surface area contributed by atoms with Crippen molar-refractivity contribution < 1.29 is 19.4 Å². The van der Waals surface area contributed by atoms with Crippen molar-refractivity contribution in [1.82, 2.24) is 4.90 Å². The lowest BCUT2D eigenvalue weighted by atomic mass is 10.1. The molecule has 0 saturated heterocycles. The number of carbonyl (C=O) groups is 2. The third kappa shape index (κ3) is 3.71. The highest BCUT2D eigenvalue weighted by molar-refractivity contribution is 5.97. The molecule has 0 heterocycles.